The van der Waals surface area contributed by atoms with Crippen LogP contribution >= 0.6 is 11.3 Å². The van der Waals surface area contributed by atoms with E-state index >= 15 is 0 Å². The fourth-order valence-corrected chi connectivity index (χ4v) is 3.51. The molecule has 1 aromatic rings. The van der Waals surface area contributed by atoms with Crippen molar-refractivity contribution in [1.82, 2.24) is 10.3 Å². The Morgan fingerprint density at radius 1 is 1.37 bits per heavy atom. The van der Waals surface area contributed by atoms with Crippen molar-refractivity contribution in [2.45, 2.75) is 57.9 Å². The molecule has 4 nitrogen and oxygen atoms in total. The first-order valence-corrected chi connectivity index (χ1v) is 7.69. The first kappa shape index (κ1) is 14.9. The Bertz CT molecular complexity index is 408. The van der Waals surface area contributed by atoms with Crippen molar-refractivity contribution in [1.29, 1.82) is 0 Å². The minimum absolute atomic E-state index is 0.122. The quantitative estimate of drug-likeness (QED) is 0.836. The third-order valence-electron chi connectivity index (χ3n) is 3.67. The Balaban J connectivity index is 2.19. The Morgan fingerprint density at radius 2 is 2.11 bits per heavy atom. The molecule has 1 aliphatic carbocycles. The molecule has 19 heavy (non-hydrogen) atoms. The largest absolute Gasteiger partial charge is 0.378 e. The molecule has 2 rings (SSSR count). The molecule has 0 aromatic carbocycles. The van der Waals surface area contributed by atoms with Crippen molar-refractivity contribution < 1.29 is 9.47 Å². The van der Waals surface area contributed by atoms with E-state index in [1.54, 1.807) is 25.6 Å². The van der Waals surface area contributed by atoms with Gasteiger partial charge in [-0.15, -0.1) is 11.3 Å². The maximum atomic E-state index is 5.72. The average molecular weight is 284 g/mol. The maximum Gasteiger partial charge on any atom is 0.125 e. The number of hydrogen-bond donors (Lipinski definition) is 1. The smallest absolute Gasteiger partial charge is 0.125 e. The molecule has 108 valence electrons. The van der Waals surface area contributed by atoms with Crippen LogP contribution in [0.25, 0.3) is 0 Å². The van der Waals surface area contributed by atoms with Crippen molar-refractivity contribution in [3.63, 3.8) is 0 Å². The van der Waals surface area contributed by atoms with Gasteiger partial charge in [0, 0.05) is 31.7 Å². The van der Waals surface area contributed by atoms with Gasteiger partial charge in [0.15, 0.2) is 0 Å². The summed E-state index contributed by atoms with van der Waals surface area (Å²) in [6.45, 7) is 5.74. The lowest BCUT2D eigenvalue weighted by molar-refractivity contribution is -0.0781. The van der Waals surface area contributed by atoms with Crippen molar-refractivity contribution in [3.05, 3.63) is 15.6 Å². The molecule has 0 bridgehead atoms. The van der Waals surface area contributed by atoms with Crippen LogP contribution in [-0.4, -0.2) is 25.2 Å². The minimum Gasteiger partial charge on any atom is -0.378 e. The summed E-state index contributed by atoms with van der Waals surface area (Å²) in [5.74, 6) is 0. The molecular weight excluding hydrogens is 260 g/mol. The summed E-state index contributed by atoms with van der Waals surface area (Å²) in [7, 11) is 3.51. The summed E-state index contributed by atoms with van der Waals surface area (Å²) in [6, 6.07) is 0.473. The fourth-order valence-electron chi connectivity index (χ4n) is 2.27. The average Bonchev–Trinajstić information content (AvgIpc) is 2.70. The Morgan fingerprint density at radius 3 is 2.58 bits per heavy atom. The van der Waals surface area contributed by atoms with Crippen molar-refractivity contribution in [2.75, 3.05) is 14.2 Å². The van der Waals surface area contributed by atoms with Gasteiger partial charge in [-0.1, -0.05) is 13.8 Å². The summed E-state index contributed by atoms with van der Waals surface area (Å²) < 4.78 is 11.0. The van der Waals surface area contributed by atoms with E-state index in [0.29, 0.717) is 12.6 Å². The number of thiazole rings is 1. The molecule has 0 spiro atoms. The van der Waals surface area contributed by atoms with Crippen LogP contribution < -0.4 is 5.32 Å². The van der Waals surface area contributed by atoms with Gasteiger partial charge in [-0.25, -0.2) is 4.98 Å². The lowest BCUT2D eigenvalue weighted by atomic mass is 9.80. The number of rotatable bonds is 7. The molecule has 0 saturated heterocycles. The number of nitrogens with one attached hydrogen (secondary N) is 1. The van der Waals surface area contributed by atoms with Crippen LogP contribution in [-0.2, 0) is 28.2 Å². The van der Waals surface area contributed by atoms with Gasteiger partial charge in [-0.3, -0.25) is 0 Å². The van der Waals surface area contributed by atoms with Crippen LogP contribution in [0.3, 0.4) is 0 Å². The second-order valence-electron chi connectivity index (χ2n) is 5.41. The monoisotopic (exact) mass is 284 g/mol. The molecule has 1 N–H and O–H groups in total. The van der Waals surface area contributed by atoms with Crippen molar-refractivity contribution in [2.24, 2.45) is 0 Å². The zero-order valence-electron chi connectivity index (χ0n) is 12.3. The molecule has 1 aromatic heterocycles. The molecule has 0 amide bonds. The van der Waals surface area contributed by atoms with Gasteiger partial charge in [0.2, 0.25) is 0 Å². The van der Waals surface area contributed by atoms with E-state index < -0.39 is 0 Å². The van der Waals surface area contributed by atoms with E-state index in [0.717, 1.165) is 30.1 Å². The van der Waals surface area contributed by atoms with E-state index in [1.165, 1.54) is 11.3 Å². The summed E-state index contributed by atoms with van der Waals surface area (Å²) in [6.07, 6.45) is 3.40. The number of ether oxygens (including phenoxy) is 2. The first-order valence-electron chi connectivity index (χ1n) is 6.88. The van der Waals surface area contributed by atoms with E-state index in [4.69, 9.17) is 14.5 Å². The zero-order chi connectivity index (χ0) is 13.9. The summed E-state index contributed by atoms with van der Waals surface area (Å²) in [5.41, 5.74) is 0.933. The van der Waals surface area contributed by atoms with Crippen LogP contribution in [0.1, 0.15) is 48.7 Å². The van der Waals surface area contributed by atoms with Crippen molar-refractivity contribution >= 4 is 11.3 Å². The second-order valence-corrected chi connectivity index (χ2v) is 6.49. The summed E-state index contributed by atoms with van der Waals surface area (Å²) in [5, 5.41) is 4.57. The molecule has 0 radical (unpaired) electrons. The molecule has 1 saturated carbocycles. The highest BCUT2D eigenvalue weighted by atomic mass is 32.1. The van der Waals surface area contributed by atoms with Crippen molar-refractivity contribution in [3.8, 4) is 0 Å². The highest BCUT2D eigenvalue weighted by Crippen LogP contribution is 2.46. The Hall–Kier alpha value is -0.490. The fraction of sp³-hybridized carbons (Fsp3) is 0.786. The highest BCUT2D eigenvalue weighted by molar-refractivity contribution is 7.11. The molecule has 1 heterocycles. The van der Waals surface area contributed by atoms with Gasteiger partial charge in [0.25, 0.3) is 0 Å². The van der Waals surface area contributed by atoms with Crippen LogP contribution in [0, 0.1) is 0 Å². The molecule has 1 fully saturated rings. The van der Waals surface area contributed by atoms with E-state index in [-0.39, 0.29) is 5.60 Å². The zero-order valence-corrected chi connectivity index (χ0v) is 13.1. The normalized spacial score (nSPS) is 17.7. The summed E-state index contributed by atoms with van der Waals surface area (Å²) >= 11 is 1.77. The minimum atomic E-state index is -0.122. The number of hydrogen-bond acceptors (Lipinski definition) is 5. The highest BCUT2D eigenvalue weighted by Gasteiger charge is 2.42. The van der Waals surface area contributed by atoms with Gasteiger partial charge in [-0.2, -0.15) is 0 Å². The van der Waals surface area contributed by atoms with E-state index in [9.17, 15) is 0 Å². The van der Waals surface area contributed by atoms with Gasteiger partial charge >= 0.3 is 0 Å². The predicted molar refractivity (Wildman–Crippen MR) is 77.3 cm³/mol. The van der Waals surface area contributed by atoms with Crippen LogP contribution in [0.15, 0.2) is 0 Å². The summed E-state index contributed by atoms with van der Waals surface area (Å²) in [4.78, 5) is 6.04. The molecule has 5 heteroatoms. The standard InChI is InChI=1S/C14H24N2O2S/c1-10(2)15-8-12-11(9-17-3)16-13(19-12)14(18-4)6-5-7-14/h10,15H,5-9H2,1-4H3. The van der Waals surface area contributed by atoms with Gasteiger partial charge in [0.1, 0.15) is 10.6 Å². The lowest BCUT2D eigenvalue weighted by Gasteiger charge is -2.38. The lowest BCUT2D eigenvalue weighted by Crippen LogP contribution is -2.35. The van der Waals surface area contributed by atoms with E-state index in [2.05, 4.69) is 19.2 Å². The Kier molecular flexibility index (Phi) is 4.95. The molecule has 0 aliphatic heterocycles. The number of aromatic nitrogens is 1. The van der Waals surface area contributed by atoms with Crippen LogP contribution in [0.5, 0.6) is 0 Å². The SMILES string of the molecule is COCc1nc(C2(OC)CCC2)sc1CNC(C)C. The first-order chi connectivity index (χ1) is 9.11. The molecular formula is C14H24N2O2S. The van der Waals surface area contributed by atoms with Gasteiger partial charge in [-0.05, 0) is 19.3 Å². The van der Waals surface area contributed by atoms with E-state index in [1.807, 2.05) is 0 Å². The number of methoxy groups -OCH3 is 2. The van der Waals surface area contributed by atoms with Crippen LogP contribution in [0.4, 0.5) is 0 Å². The maximum absolute atomic E-state index is 5.72. The Labute approximate surface area is 119 Å². The molecule has 0 unspecified atom stereocenters. The van der Waals surface area contributed by atoms with Gasteiger partial charge in [0.05, 0.1) is 12.3 Å². The number of nitrogens with zero attached hydrogens (tertiary/aromatic N) is 1. The molecule has 1 aliphatic rings. The topological polar surface area (TPSA) is 43.4 Å². The van der Waals surface area contributed by atoms with Crippen LogP contribution in [0.2, 0.25) is 0 Å². The predicted octanol–water partition coefficient (Wildman–Crippen LogP) is 2.81. The third kappa shape index (κ3) is 3.16. The third-order valence-corrected chi connectivity index (χ3v) is 4.95. The van der Waals surface area contributed by atoms with Gasteiger partial charge < -0.3 is 14.8 Å². The molecule has 0 atom stereocenters. The second kappa shape index (κ2) is 6.31.